The number of fused-ring (bicyclic) bond motifs is 1. The fraction of sp³-hybridized carbons (Fsp3) is 0.750. The van der Waals surface area contributed by atoms with Gasteiger partial charge in [-0.2, -0.15) is 0 Å². The quantitative estimate of drug-likeness (QED) is 0.815. The van der Waals surface area contributed by atoms with E-state index in [9.17, 15) is 0 Å². The summed E-state index contributed by atoms with van der Waals surface area (Å²) in [6.07, 6.45) is 3.87. The summed E-state index contributed by atoms with van der Waals surface area (Å²) in [7, 11) is 1.81. The number of aromatic nitrogens is 2. The summed E-state index contributed by atoms with van der Waals surface area (Å²) in [6.45, 7) is 4.14. The Balaban J connectivity index is 1.86. The highest BCUT2D eigenvalue weighted by atomic mass is 16.5. The maximum Gasteiger partial charge on any atom is 0.106 e. The Morgan fingerprint density at radius 2 is 2.25 bits per heavy atom. The molecule has 2 aliphatic rings. The van der Waals surface area contributed by atoms with Crippen LogP contribution in [-0.2, 0) is 17.7 Å². The Hall–Kier alpha value is -0.870. The van der Waals surface area contributed by atoms with Crippen molar-refractivity contribution in [2.45, 2.75) is 44.9 Å². The largest absolute Gasteiger partial charge is 0.381 e. The number of ether oxygens (including phenoxy) is 1. The van der Waals surface area contributed by atoms with Crippen LogP contribution in [0.3, 0.4) is 0 Å². The molecule has 1 saturated carbocycles. The molecule has 0 aromatic carbocycles. The Morgan fingerprint density at radius 1 is 1.44 bits per heavy atom. The first-order valence-corrected chi connectivity index (χ1v) is 6.09. The van der Waals surface area contributed by atoms with Gasteiger partial charge in [0, 0.05) is 38.4 Å². The first kappa shape index (κ1) is 10.3. The molecule has 16 heavy (non-hydrogen) atoms. The smallest absolute Gasteiger partial charge is 0.106 e. The van der Waals surface area contributed by atoms with Crippen molar-refractivity contribution in [1.29, 1.82) is 0 Å². The third-order valence-electron chi connectivity index (χ3n) is 3.87. The van der Waals surface area contributed by atoms with Gasteiger partial charge < -0.3 is 14.6 Å². The molecule has 0 unspecified atom stereocenters. The minimum atomic E-state index is 0.462. The lowest BCUT2D eigenvalue weighted by molar-refractivity contribution is 0.00480. The van der Waals surface area contributed by atoms with Gasteiger partial charge >= 0.3 is 0 Å². The van der Waals surface area contributed by atoms with Crippen LogP contribution in [0.2, 0.25) is 0 Å². The predicted molar refractivity (Wildman–Crippen MR) is 61.4 cm³/mol. The number of imidazole rings is 1. The number of methoxy groups -OCH3 is 1. The van der Waals surface area contributed by atoms with E-state index < -0.39 is 0 Å². The highest BCUT2D eigenvalue weighted by Gasteiger charge is 2.33. The second-order valence-electron chi connectivity index (χ2n) is 4.83. The lowest BCUT2D eigenvalue weighted by Crippen LogP contribution is -2.35. The molecule has 0 amide bonds. The fourth-order valence-corrected chi connectivity index (χ4v) is 2.89. The molecule has 1 aromatic heterocycles. The summed E-state index contributed by atoms with van der Waals surface area (Å²) in [5.41, 5.74) is 2.71. The average molecular weight is 221 g/mol. The molecule has 88 valence electrons. The highest BCUT2D eigenvalue weighted by Crippen LogP contribution is 2.37. The summed E-state index contributed by atoms with van der Waals surface area (Å²) >= 11 is 0. The number of hydrogen-bond donors (Lipinski definition) is 1. The predicted octanol–water partition coefficient (Wildman–Crippen LogP) is 1.19. The third kappa shape index (κ3) is 1.48. The number of hydrogen-bond acceptors (Lipinski definition) is 3. The Labute approximate surface area is 96.0 Å². The van der Waals surface area contributed by atoms with Crippen molar-refractivity contribution in [2.24, 2.45) is 0 Å². The molecular weight excluding hydrogens is 202 g/mol. The van der Waals surface area contributed by atoms with Gasteiger partial charge in [0.15, 0.2) is 0 Å². The SMILES string of the molecule is COC1CC(n2c(C)nc3c2CCNC3)C1. The summed E-state index contributed by atoms with van der Waals surface area (Å²) in [6, 6.07) is 0.624. The average Bonchev–Trinajstić information content (AvgIpc) is 2.54. The van der Waals surface area contributed by atoms with Gasteiger partial charge in [-0.1, -0.05) is 0 Å². The highest BCUT2D eigenvalue weighted by molar-refractivity contribution is 5.21. The van der Waals surface area contributed by atoms with Crippen molar-refractivity contribution < 1.29 is 4.74 Å². The molecule has 0 bridgehead atoms. The Morgan fingerprint density at radius 3 is 3.00 bits per heavy atom. The van der Waals surface area contributed by atoms with E-state index in [-0.39, 0.29) is 0 Å². The van der Waals surface area contributed by atoms with E-state index in [2.05, 4.69) is 21.8 Å². The van der Waals surface area contributed by atoms with Gasteiger partial charge in [-0.25, -0.2) is 4.98 Å². The number of nitrogens with one attached hydrogen (secondary N) is 1. The lowest BCUT2D eigenvalue weighted by atomic mass is 9.88. The molecule has 0 spiro atoms. The second kappa shape index (κ2) is 3.86. The van der Waals surface area contributed by atoms with Crippen LogP contribution in [0.1, 0.15) is 36.1 Å². The van der Waals surface area contributed by atoms with Crippen molar-refractivity contribution in [3.8, 4) is 0 Å². The van der Waals surface area contributed by atoms with Crippen LogP contribution in [0.4, 0.5) is 0 Å². The van der Waals surface area contributed by atoms with Crippen LogP contribution < -0.4 is 5.32 Å². The topological polar surface area (TPSA) is 39.1 Å². The maximum atomic E-state index is 5.35. The van der Waals surface area contributed by atoms with Crippen LogP contribution in [0.5, 0.6) is 0 Å². The molecule has 1 fully saturated rings. The minimum Gasteiger partial charge on any atom is -0.381 e. The zero-order valence-electron chi connectivity index (χ0n) is 9.99. The first-order valence-electron chi connectivity index (χ1n) is 6.09. The molecule has 1 aliphatic heterocycles. The van der Waals surface area contributed by atoms with E-state index in [1.807, 2.05) is 0 Å². The summed E-state index contributed by atoms with van der Waals surface area (Å²) in [5, 5.41) is 3.38. The molecule has 3 rings (SSSR count). The number of rotatable bonds is 2. The van der Waals surface area contributed by atoms with Gasteiger partial charge in [0.25, 0.3) is 0 Å². The van der Waals surface area contributed by atoms with Crippen LogP contribution >= 0.6 is 0 Å². The van der Waals surface area contributed by atoms with Crippen molar-refractivity contribution in [1.82, 2.24) is 14.9 Å². The van der Waals surface area contributed by atoms with Crippen LogP contribution in [-0.4, -0.2) is 29.3 Å². The van der Waals surface area contributed by atoms with Crippen molar-refractivity contribution in [3.63, 3.8) is 0 Å². The zero-order chi connectivity index (χ0) is 11.1. The molecule has 4 nitrogen and oxygen atoms in total. The molecule has 1 aromatic rings. The van der Waals surface area contributed by atoms with E-state index in [4.69, 9.17) is 4.74 Å². The van der Waals surface area contributed by atoms with Crippen LogP contribution in [0.15, 0.2) is 0 Å². The van der Waals surface area contributed by atoms with Crippen LogP contribution in [0.25, 0.3) is 0 Å². The molecule has 0 saturated heterocycles. The number of aryl methyl sites for hydroxylation is 1. The minimum absolute atomic E-state index is 0.462. The second-order valence-corrected chi connectivity index (χ2v) is 4.83. The number of nitrogens with zero attached hydrogens (tertiary/aromatic N) is 2. The molecular formula is C12H19N3O. The van der Waals surface area contributed by atoms with Gasteiger partial charge in [0.2, 0.25) is 0 Å². The van der Waals surface area contributed by atoms with Crippen molar-refractivity contribution in [3.05, 3.63) is 17.2 Å². The summed E-state index contributed by atoms with van der Waals surface area (Å²) < 4.78 is 7.80. The van der Waals surface area contributed by atoms with Crippen LogP contribution in [0, 0.1) is 6.92 Å². The van der Waals surface area contributed by atoms with Gasteiger partial charge in [-0.15, -0.1) is 0 Å². The molecule has 0 radical (unpaired) electrons. The van der Waals surface area contributed by atoms with E-state index >= 15 is 0 Å². The van der Waals surface area contributed by atoms with E-state index in [1.165, 1.54) is 17.2 Å². The van der Waals surface area contributed by atoms with Gasteiger partial charge in [-0.3, -0.25) is 0 Å². The zero-order valence-corrected chi connectivity index (χ0v) is 9.99. The standard InChI is InChI=1S/C12H19N3O/c1-8-14-11-7-13-4-3-12(11)15(8)9-5-10(6-9)16-2/h9-10,13H,3-7H2,1-2H3. The molecule has 1 aliphatic carbocycles. The molecule has 0 atom stereocenters. The maximum absolute atomic E-state index is 5.35. The van der Waals surface area contributed by atoms with Gasteiger partial charge in [0.05, 0.1) is 11.8 Å². The Bertz CT molecular complexity index is 393. The molecule has 2 heterocycles. The van der Waals surface area contributed by atoms with Gasteiger partial charge in [0.1, 0.15) is 5.82 Å². The monoisotopic (exact) mass is 221 g/mol. The summed E-state index contributed by atoms with van der Waals surface area (Å²) in [5.74, 6) is 1.17. The molecule has 1 N–H and O–H groups in total. The fourth-order valence-electron chi connectivity index (χ4n) is 2.89. The molecule has 4 heteroatoms. The van der Waals surface area contributed by atoms with Crippen molar-refractivity contribution in [2.75, 3.05) is 13.7 Å². The first-order chi connectivity index (χ1) is 7.79. The van der Waals surface area contributed by atoms with Crippen molar-refractivity contribution >= 4 is 0 Å². The van der Waals surface area contributed by atoms with E-state index in [0.717, 1.165) is 32.4 Å². The Kier molecular flexibility index (Phi) is 2.48. The van der Waals surface area contributed by atoms with Gasteiger partial charge in [-0.05, 0) is 19.8 Å². The third-order valence-corrected chi connectivity index (χ3v) is 3.87. The normalized spacial score (nSPS) is 28.6. The van der Waals surface area contributed by atoms with E-state index in [0.29, 0.717) is 12.1 Å². The van der Waals surface area contributed by atoms with E-state index in [1.54, 1.807) is 7.11 Å². The summed E-state index contributed by atoms with van der Waals surface area (Å²) in [4.78, 5) is 4.66. The lowest BCUT2D eigenvalue weighted by Gasteiger charge is -2.37.